The van der Waals surface area contributed by atoms with Gasteiger partial charge in [0.25, 0.3) is 0 Å². The molecule has 0 aromatic rings. The fourth-order valence-corrected chi connectivity index (χ4v) is 5.04. The summed E-state index contributed by atoms with van der Waals surface area (Å²) in [6.45, 7) is 10.4. The van der Waals surface area contributed by atoms with E-state index in [0.29, 0.717) is 132 Å². The van der Waals surface area contributed by atoms with Crippen molar-refractivity contribution in [3.05, 3.63) is 11.9 Å². The molecule has 1 rings (SSSR count). The Morgan fingerprint density at radius 2 is 1.11 bits per heavy atom. The van der Waals surface area contributed by atoms with Crippen LogP contribution in [0, 0.1) is 0 Å². The van der Waals surface area contributed by atoms with Crippen LogP contribution in [0.15, 0.2) is 11.9 Å². The first-order valence-electron chi connectivity index (χ1n) is 20.9. The molecule has 24 heteroatoms. The number of Topliss-reactive ketones (excluding diaryl/α,β-unsaturated/α-hetero) is 1. The zero-order valence-corrected chi connectivity index (χ0v) is 35.8. The third-order valence-corrected chi connectivity index (χ3v) is 8.30. The summed E-state index contributed by atoms with van der Waals surface area (Å²) in [5.74, 6) is -4.07. The van der Waals surface area contributed by atoms with Gasteiger partial charge in [-0.25, -0.2) is 14.4 Å². The minimum absolute atomic E-state index is 0.0178. The summed E-state index contributed by atoms with van der Waals surface area (Å²) in [5.41, 5.74) is 6.72. The molecule has 358 valence electrons. The van der Waals surface area contributed by atoms with E-state index in [9.17, 15) is 39.0 Å². The number of unbranched alkanes of at least 4 members (excludes halogenated alkanes) is 1. The van der Waals surface area contributed by atoms with E-state index in [1.807, 2.05) is 13.1 Å². The van der Waals surface area contributed by atoms with E-state index in [4.69, 9.17) is 43.0 Å². The fraction of sp³-hybridized carbons (Fsp3) is 0.789. The Balaban J connectivity index is 1.87. The van der Waals surface area contributed by atoms with Crippen molar-refractivity contribution in [2.75, 3.05) is 132 Å². The van der Waals surface area contributed by atoms with E-state index in [2.05, 4.69) is 32.2 Å². The van der Waals surface area contributed by atoms with Crippen molar-refractivity contribution in [3.63, 3.8) is 0 Å². The molecule has 0 spiro atoms. The van der Waals surface area contributed by atoms with Crippen molar-refractivity contribution in [1.82, 2.24) is 37.2 Å². The van der Waals surface area contributed by atoms with Crippen LogP contribution in [-0.2, 0) is 61.9 Å². The summed E-state index contributed by atoms with van der Waals surface area (Å²) in [6.07, 6.45) is 2.52. The number of carbonyl (C=O) groups is 6. The van der Waals surface area contributed by atoms with Crippen LogP contribution in [-0.4, -0.2) is 200 Å². The monoisotopic (exact) mass is 895 g/mol. The van der Waals surface area contributed by atoms with Crippen LogP contribution in [0.2, 0.25) is 0 Å². The van der Waals surface area contributed by atoms with Crippen molar-refractivity contribution in [2.24, 2.45) is 0 Å². The van der Waals surface area contributed by atoms with E-state index < -0.39 is 42.4 Å². The zero-order chi connectivity index (χ0) is 45.5. The van der Waals surface area contributed by atoms with Crippen LogP contribution in [0.25, 0.3) is 0 Å². The number of aliphatic carboxylic acids is 3. The van der Waals surface area contributed by atoms with E-state index in [-0.39, 0.29) is 43.9 Å². The molecule has 1 aliphatic rings. The SMILES string of the molecule is CCNCC(=O)CCC(=O)NCCOCCOCCOCCOCCOCCOCCOCCOCC1=CN(CCCC[C@H](NC(=O)N[C@H](CCC(=O)O)C(=O)O)C(=O)O)NN1. The van der Waals surface area contributed by atoms with Gasteiger partial charge >= 0.3 is 23.9 Å². The molecule has 0 saturated carbocycles. The minimum atomic E-state index is -1.47. The standard InChI is InChI=1S/C38H69N7O17/c1-2-39-27-31(46)6-8-34(47)40-10-12-55-13-14-56-15-16-57-17-18-58-19-20-59-21-22-60-23-24-61-25-26-62-29-30-28-45(44-43-30)11-4-3-5-32(36(50)51)41-38(54)42-33(37(52)53)7-9-35(48)49/h28,32-33,39,43-44H,2-27,29H2,1H3,(H,40,47)(H,48,49)(H,50,51)(H,52,53)(H2,41,42,54)/t32-,33+/m0/s1. The maximum atomic E-state index is 12.1. The summed E-state index contributed by atoms with van der Waals surface area (Å²) >= 11 is 0. The summed E-state index contributed by atoms with van der Waals surface area (Å²) in [6, 6.07) is -3.73. The van der Waals surface area contributed by atoms with Gasteiger partial charge in [0.2, 0.25) is 5.91 Å². The molecular formula is C38H69N7O17. The highest BCUT2D eigenvalue weighted by molar-refractivity contribution is 5.87. The van der Waals surface area contributed by atoms with Crippen LogP contribution < -0.4 is 32.2 Å². The van der Waals surface area contributed by atoms with E-state index in [1.54, 1.807) is 5.01 Å². The minimum Gasteiger partial charge on any atom is -0.481 e. The number of carbonyl (C=O) groups excluding carboxylic acids is 3. The van der Waals surface area contributed by atoms with Gasteiger partial charge in [-0.1, -0.05) is 6.92 Å². The molecule has 0 aromatic carbocycles. The normalized spacial score (nSPS) is 13.2. The summed E-state index contributed by atoms with van der Waals surface area (Å²) in [4.78, 5) is 69.0. The average Bonchev–Trinajstić information content (AvgIpc) is 3.70. The molecule has 0 fully saturated rings. The smallest absolute Gasteiger partial charge is 0.326 e. The first-order chi connectivity index (χ1) is 30.0. The topological polar surface area (TPSA) is 312 Å². The highest BCUT2D eigenvalue weighted by Crippen LogP contribution is 2.07. The molecule has 9 N–H and O–H groups in total. The van der Waals surface area contributed by atoms with Crippen molar-refractivity contribution in [2.45, 2.75) is 64.0 Å². The second-order valence-corrected chi connectivity index (χ2v) is 13.4. The van der Waals surface area contributed by atoms with Gasteiger partial charge in [-0.15, -0.1) is 5.53 Å². The number of ketones is 1. The lowest BCUT2D eigenvalue weighted by molar-refractivity contribution is -0.141. The number of carboxylic acids is 3. The molecule has 24 nitrogen and oxygen atoms in total. The number of amides is 3. The predicted molar refractivity (Wildman–Crippen MR) is 219 cm³/mol. The Morgan fingerprint density at radius 1 is 0.629 bits per heavy atom. The number of nitrogens with one attached hydrogen (secondary N) is 6. The van der Waals surface area contributed by atoms with Crippen LogP contribution >= 0.6 is 0 Å². The van der Waals surface area contributed by atoms with Gasteiger partial charge in [-0.05, 0) is 32.2 Å². The highest BCUT2D eigenvalue weighted by Gasteiger charge is 2.25. The second-order valence-electron chi connectivity index (χ2n) is 13.4. The second kappa shape index (κ2) is 38.4. The van der Waals surface area contributed by atoms with Crippen molar-refractivity contribution < 1.29 is 82.0 Å². The molecule has 0 bridgehead atoms. The van der Waals surface area contributed by atoms with Gasteiger partial charge in [0.15, 0.2) is 0 Å². The molecule has 3 amide bonds. The van der Waals surface area contributed by atoms with Gasteiger partial charge < -0.3 is 79.9 Å². The van der Waals surface area contributed by atoms with Crippen LogP contribution in [0.4, 0.5) is 4.79 Å². The molecule has 1 heterocycles. The molecule has 62 heavy (non-hydrogen) atoms. The van der Waals surface area contributed by atoms with Crippen LogP contribution in [0.5, 0.6) is 0 Å². The fourth-order valence-electron chi connectivity index (χ4n) is 5.04. The molecule has 0 radical (unpaired) electrons. The number of rotatable bonds is 44. The average molecular weight is 896 g/mol. The molecular weight excluding hydrogens is 826 g/mol. The third kappa shape index (κ3) is 33.4. The van der Waals surface area contributed by atoms with Crippen LogP contribution in [0.3, 0.4) is 0 Å². The Kier molecular flexibility index (Phi) is 34.6. The van der Waals surface area contributed by atoms with E-state index in [1.165, 1.54) is 0 Å². The Labute approximate surface area is 362 Å². The van der Waals surface area contributed by atoms with Gasteiger partial charge in [-0.2, -0.15) is 0 Å². The molecule has 0 aliphatic carbocycles. The lowest BCUT2D eigenvalue weighted by Gasteiger charge is -2.19. The van der Waals surface area contributed by atoms with Gasteiger partial charge in [-0.3, -0.25) is 19.4 Å². The Hall–Kier alpha value is -4.24. The van der Waals surface area contributed by atoms with Gasteiger partial charge in [0.05, 0.1) is 118 Å². The van der Waals surface area contributed by atoms with Gasteiger partial charge in [0, 0.05) is 38.6 Å². The van der Waals surface area contributed by atoms with Crippen molar-refractivity contribution in [3.8, 4) is 0 Å². The summed E-state index contributed by atoms with van der Waals surface area (Å²) < 4.78 is 43.9. The molecule has 0 unspecified atom stereocenters. The van der Waals surface area contributed by atoms with Crippen molar-refractivity contribution in [1.29, 1.82) is 0 Å². The highest BCUT2D eigenvalue weighted by atomic mass is 16.6. The molecule has 1 aliphatic heterocycles. The third-order valence-electron chi connectivity index (χ3n) is 8.30. The lowest BCUT2D eigenvalue weighted by atomic mass is 10.1. The largest absolute Gasteiger partial charge is 0.481 e. The van der Waals surface area contributed by atoms with E-state index in [0.717, 1.165) is 12.2 Å². The quantitative estimate of drug-likeness (QED) is 0.0318. The number of hydrazine groups is 2. The number of hydrogen-bond acceptors (Lipinski definition) is 18. The maximum absolute atomic E-state index is 12.1. The summed E-state index contributed by atoms with van der Waals surface area (Å²) in [7, 11) is 0. The predicted octanol–water partition coefficient (Wildman–Crippen LogP) is -1.40. The number of likely N-dealkylation sites (N-methyl/N-ethyl adjacent to an activating group) is 1. The lowest BCUT2D eigenvalue weighted by Crippen LogP contribution is -2.51. The first-order valence-corrected chi connectivity index (χ1v) is 20.9. The Bertz CT molecular complexity index is 1280. The van der Waals surface area contributed by atoms with Gasteiger partial charge in [0.1, 0.15) is 17.9 Å². The number of carboxylic acid groups (broad SMARTS) is 3. The molecule has 0 aromatic heterocycles. The van der Waals surface area contributed by atoms with Crippen molar-refractivity contribution >= 4 is 35.6 Å². The first kappa shape index (κ1) is 55.8. The molecule has 0 saturated heterocycles. The number of urea groups is 1. The zero-order valence-electron chi connectivity index (χ0n) is 35.8. The number of nitrogens with zero attached hydrogens (tertiary/aromatic N) is 1. The van der Waals surface area contributed by atoms with E-state index >= 15 is 0 Å². The number of ether oxygens (including phenoxy) is 8. The molecule has 2 atom stereocenters. The van der Waals surface area contributed by atoms with Crippen LogP contribution in [0.1, 0.15) is 51.9 Å². The number of hydrogen-bond donors (Lipinski definition) is 9. The summed E-state index contributed by atoms with van der Waals surface area (Å²) in [5, 5.41) is 39.1. The maximum Gasteiger partial charge on any atom is 0.326 e. The Morgan fingerprint density at radius 3 is 1.60 bits per heavy atom.